The first kappa shape index (κ1) is 36.6. The number of nitrogens with one attached hydrogen (secondary N) is 1. The van der Waals surface area contributed by atoms with Crippen LogP contribution < -0.4 is 14.8 Å². The summed E-state index contributed by atoms with van der Waals surface area (Å²) < 4.78 is 13.8. The lowest BCUT2D eigenvalue weighted by Crippen LogP contribution is -2.31. The predicted octanol–water partition coefficient (Wildman–Crippen LogP) is 14.4. The van der Waals surface area contributed by atoms with Gasteiger partial charge in [-0.3, -0.25) is 0 Å². The van der Waals surface area contributed by atoms with Gasteiger partial charge in [0.05, 0.1) is 17.2 Å². The SMILES string of the molecule is C1=C(c2ccc3c(c2)Oc2c(ccc4c2-c2ccccc2C4(c2ccccc2)c2ccccc2)O3)N=C(c2cccc(-c3ccccc3)c2)NC1c1cccc(-c2ccccc2)c1. The molecule has 2 aliphatic heterocycles. The molecule has 0 spiro atoms. The fraction of sp³-hybridized carbons (Fsp3) is 0.0339. The van der Waals surface area contributed by atoms with Crippen molar-refractivity contribution in [1.29, 1.82) is 0 Å². The lowest BCUT2D eigenvalue weighted by molar-refractivity contribution is 0.360. The largest absolute Gasteiger partial charge is 0.449 e. The maximum Gasteiger partial charge on any atom is 0.178 e. The Bertz CT molecular complexity index is 3210. The number of nitrogens with zero attached hydrogens (tertiary/aromatic N) is 1. The number of ether oxygens (including phenoxy) is 2. The minimum atomic E-state index is -0.551. The Kier molecular flexibility index (Phi) is 8.75. The summed E-state index contributed by atoms with van der Waals surface area (Å²) in [7, 11) is 0. The van der Waals surface area contributed by atoms with Gasteiger partial charge >= 0.3 is 0 Å². The zero-order valence-electron chi connectivity index (χ0n) is 34.3. The zero-order chi connectivity index (χ0) is 41.7. The fourth-order valence-electron chi connectivity index (χ4n) is 9.77. The molecule has 9 aromatic carbocycles. The lowest BCUT2D eigenvalue weighted by Gasteiger charge is -2.34. The van der Waals surface area contributed by atoms with Gasteiger partial charge in [0.15, 0.2) is 23.0 Å². The van der Waals surface area contributed by atoms with Crippen LogP contribution in [0, 0.1) is 0 Å². The van der Waals surface area contributed by atoms with E-state index < -0.39 is 5.41 Å². The smallest absolute Gasteiger partial charge is 0.178 e. The van der Waals surface area contributed by atoms with Crippen LogP contribution in [0.2, 0.25) is 0 Å². The molecular weight excluding hydrogens is 769 g/mol. The first-order valence-corrected chi connectivity index (χ1v) is 21.5. The van der Waals surface area contributed by atoms with Gasteiger partial charge in [0.25, 0.3) is 0 Å². The van der Waals surface area contributed by atoms with Crippen molar-refractivity contribution < 1.29 is 9.47 Å². The van der Waals surface area contributed by atoms with E-state index in [1.807, 2.05) is 12.1 Å². The molecule has 1 atom stereocenters. The number of hydrogen-bond donors (Lipinski definition) is 1. The Morgan fingerprint density at radius 1 is 0.413 bits per heavy atom. The maximum atomic E-state index is 7.11. The second-order valence-corrected chi connectivity index (χ2v) is 16.3. The highest BCUT2D eigenvalue weighted by molar-refractivity contribution is 6.04. The third-order valence-corrected chi connectivity index (χ3v) is 12.7. The topological polar surface area (TPSA) is 42.9 Å². The molecule has 9 aromatic rings. The minimum Gasteiger partial charge on any atom is -0.449 e. The molecule has 0 radical (unpaired) electrons. The van der Waals surface area contributed by atoms with Crippen LogP contribution >= 0.6 is 0 Å². The first-order chi connectivity index (χ1) is 31.2. The molecule has 0 saturated carbocycles. The fourth-order valence-corrected chi connectivity index (χ4v) is 9.77. The van der Waals surface area contributed by atoms with Gasteiger partial charge in [-0.2, -0.15) is 0 Å². The molecule has 4 nitrogen and oxygen atoms in total. The molecule has 0 saturated heterocycles. The van der Waals surface area contributed by atoms with E-state index >= 15 is 0 Å². The van der Waals surface area contributed by atoms with Gasteiger partial charge < -0.3 is 14.8 Å². The van der Waals surface area contributed by atoms with Gasteiger partial charge in [-0.25, -0.2) is 4.99 Å². The second kappa shape index (κ2) is 15.1. The molecule has 0 amide bonds. The highest BCUT2D eigenvalue weighted by atomic mass is 16.6. The first-order valence-electron chi connectivity index (χ1n) is 21.5. The standard InChI is InChI=1S/C59H40N2O2/c1-5-17-39(18-6-1)41-21-15-23-43(35-41)51-38-52(61-58(60-51)45-24-16-22-42(36-45)40-19-7-2-8-20-40)44-31-33-53-55(37-44)63-57-54(62-53)34-32-50-56(57)48-29-13-14-30-49(48)59(50,46-25-9-3-10-26-46)47-27-11-4-12-28-47/h1-38,51H,(H,60,61). The summed E-state index contributed by atoms with van der Waals surface area (Å²) in [6, 6.07) is 79.0. The molecule has 63 heavy (non-hydrogen) atoms. The Balaban J connectivity index is 0.978. The molecule has 12 rings (SSSR count). The molecule has 0 bridgehead atoms. The van der Waals surface area contributed by atoms with E-state index in [0.29, 0.717) is 17.2 Å². The minimum absolute atomic E-state index is 0.158. The van der Waals surface area contributed by atoms with Gasteiger partial charge in [0.1, 0.15) is 5.84 Å². The summed E-state index contributed by atoms with van der Waals surface area (Å²) in [4.78, 5) is 5.35. The van der Waals surface area contributed by atoms with E-state index in [-0.39, 0.29) is 6.04 Å². The number of amidine groups is 1. The van der Waals surface area contributed by atoms with Crippen LogP contribution in [0.15, 0.2) is 236 Å². The zero-order valence-corrected chi connectivity index (χ0v) is 34.3. The molecule has 1 aliphatic carbocycles. The van der Waals surface area contributed by atoms with Crippen molar-refractivity contribution in [3.8, 4) is 56.4 Å². The molecule has 2 heterocycles. The van der Waals surface area contributed by atoms with E-state index in [2.05, 4.69) is 224 Å². The number of fused-ring (bicyclic) bond motifs is 6. The molecule has 3 aliphatic rings. The summed E-state index contributed by atoms with van der Waals surface area (Å²) in [6.45, 7) is 0. The van der Waals surface area contributed by atoms with Crippen molar-refractivity contribution >= 4 is 11.5 Å². The third-order valence-electron chi connectivity index (χ3n) is 12.7. The monoisotopic (exact) mass is 808 g/mol. The van der Waals surface area contributed by atoms with E-state index in [1.165, 1.54) is 22.3 Å². The number of benzene rings is 9. The molecule has 1 N–H and O–H groups in total. The highest BCUT2D eigenvalue weighted by Gasteiger charge is 2.48. The average molecular weight is 809 g/mol. The predicted molar refractivity (Wildman–Crippen MR) is 254 cm³/mol. The van der Waals surface area contributed by atoms with Crippen LogP contribution in [0.1, 0.15) is 45.0 Å². The summed E-state index contributed by atoms with van der Waals surface area (Å²) >= 11 is 0. The normalized spacial score (nSPS) is 15.2. The Hall–Kier alpha value is -8.21. The number of hydrogen-bond acceptors (Lipinski definition) is 4. The van der Waals surface area contributed by atoms with E-state index in [9.17, 15) is 0 Å². The van der Waals surface area contributed by atoms with E-state index in [0.717, 1.165) is 67.4 Å². The van der Waals surface area contributed by atoms with Crippen LogP contribution in [0.5, 0.6) is 23.0 Å². The lowest BCUT2D eigenvalue weighted by atomic mass is 9.68. The summed E-state index contributed by atoms with van der Waals surface area (Å²) in [5.74, 6) is 3.52. The van der Waals surface area contributed by atoms with Crippen LogP contribution in [0.4, 0.5) is 0 Å². The van der Waals surface area contributed by atoms with Crippen molar-refractivity contribution in [2.24, 2.45) is 4.99 Å². The molecule has 298 valence electrons. The van der Waals surface area contributed by atoms with Gasteiger partial charge in [-0.15, -0.1) is 0 Å². The highest BCUT2D eigenvalue weighted by Crippen LogP contribution is 2.62. The maximum absolute atomic E-state index is 7.11. The average Bonchev–Trinajstić information content (AvgIpc) is 3.68. The molecule has 0 aromatic heterocycles. The summed E-state index contributed by atoms with van der Waals surface area (Å²) in [5, 5.41) is 3.81. The molecule has 4 heteroatoms. The van der Waals surface area contributed by atoms with Crippen LogP contribution in [0.3, 0.4) is 0 Å². The van der Waals surface area contributed by atoms with Crippen molar-refractivity contribution in [1.82, 2.24) is 5.32 Å². The number of rotatable bonds is 7. The van der Waals surface area contributed by atoms with Gasteiger partial charge in [-0.05, 0) is 98.1 Å². The summed E-state index contributed by atoms with van der Waals surface area (Å²) in [6.07, 6.45) is 2.22. The Labute approximate surface area is 367 Å². The Morgan fingerprint density at radius 3 is 1.71 bits per heavy atom. The summed E-state index contributed by atoms with van der Waals surface area (Å²) in [5.41, 5.74) is 15.0. The molecule has 1 unspecified atom stereocenters. The third kappa shape index (κ3) is 6.18. The van der Waals surface area contributed by atoms with Crippen molar-refractivity contribution in [2.75, 3.05) is 0 Å². The van der Waals surface area contributed by atoms with Crippen LogP contribution in [0.25, 0.3) is 39.1 Å². The second-order valence-electron chi connectivity index (χ2n) is 16.3. The van der Waals surface area contributed by atoms with Crippen molar-refractivity contribution in [3.05, 3.63) is 269 Å². The van der Waals surface area contributed by atoms with Crippen LogP contribution in [-0.4, -0.2) is 5.84 Å². The van der Waals surface area contributed by atoms with E-state index in [4.69, 9.17) is 14.5 Å². The van der Waals surface area contributed by atoms with Gasteiger partial charge in [0, 0.05) is 16.7 Å². The van der Waals surface area contributed by atoms with Crippen molar-refractivity contribution in [2.45, 2.75) is 11.5 Å². The molecular formula is C59H40N2O2. The van der Waals surface area contributed by atoms with E-state index in [1.54, 1.807) is 0 Å². The van der Waals surface area contributed by atoms with Gasteiger partial charge in [-0.1, -0.05) is 188 Å². The van der Waals surface area contributed by atoms with Gasteiger partial charge in [0.2, 0.25) is 0 Å². The number of aliphatic imine (C=N–C) groups is 1. The Morgan fingerprint density at radius 2 is 1.00 bits per heavy atom. The quantitative estimate of drug-likeness (QED) is 0.174. The van der Waals surface area contributed by atoms with Crippen molar-refractivity contribution in [3.63, 3.8) is 0 Å². The molecule has 0 fully saturated rings. The van der Waals surface area contributed by atoms with Crippen LogP contribution in [-0.2, 0) is 5.41 Å².